The second kappa shape index (κ2) is 3.81. The maximum absolute atomic E-state index is 11.1. The quantitative estimate of drug-likeness (QED) is 0.694. The van der Waals surface area contributed by atoms with Crippen LogP contribution in [0.3, 0.4) is 0 Å². The van der Waals surface area contributed by atoms with Crippen molar-refractivity contribution in [3.8, 4) is 0 Å². The topological polar surface area (TPSA) is 60.3 Å². The molecule has 0 unspecified atom stereocenters. The number of carbonyl (C=O) groups excluding carboxylic acids is 2. The molecule has 0 fully saturated rings. The Labute approximate surface area is 92.7 Å². The van der Waals surface area contributed by atoms with Crippen LogP contribution in [0.1, 0.15) is 12.5 Å². The summed E-state index contributed by atoms with van der Waals surface area (Å²) in [4.78, 5) is 22.1. The summed E-state index contributed by atoms with van der Waals surface area (Å²) in [5, 5.41) is 8.10. The van der Waals surface area contributed by atoms with E-state index in [1.54, 1.807) is 12.3 Å². The largest absolute Gasteiger partial charge is 0.326 e. The number of hydrogen-bond acceptors (Lipinski definition) is 2. The summed E-state index contributed by atoms with van der Waals surface area (Å²) < 4.78 is 0. The maximum Gasteiger partial charge on any atom is 0.270 e. The van der Waals surface area contributed by atoms with Crippen molar-refractivity contribution in [1.29, 1.82) is 0 Å². The molecule has 1 aromatic rings. The minimum absolute atomic E-state index is 0.126. The van der Waals surface area contributed by atoms with E-state index in [4.69, 9.17) is 0 Å². The lowest BCUT2D eigenvalue weighted by molar-refractivity contribution is -0.115. The molecule has 4 heteroatoms. The Bertz CT molecular complexity index is 588. The molecule has 0 spiro atoms. The molecule has 1 aliphatic rings. The van der Waals surface area contributed by atoms with Gasteiger partial charge in [-0.05, 0) is 29.8 Å². The van der Waals surface area contributed by atoms with Gasteiger partial charge in [0.2, 0.25) is 5.91 Å². The Morgan fingerprint density at radius 2 is 2.06 bits per heavy atom. The minimum Gasteiger partial charge on any atom is -0.326 e. The first kappa shape index (κ1) is 10.4. The minimum atomic E-state index is -0.273. The first-order chi connectivity index (χ1) is 7.56. The number of aryl methyl sites for hydroxylation is 1. The molecular formula is C12H11N2O2. The third-order valence-corrected chi connectivity index (χ3v) is 2.35. The van der Waals surface area contributed by atoms with E-state index in [1.165, 1.54) is 13.0 Å². The monoisotopic (exact) mass is 215 g/mol. The summed E-state index contributed by atoms with van der Waals surface area (Å²) in [6.45, 7) is 3.35. The van der Waals surface area contributed by atoms with E-state index in [1.807, 2.05) is 13.0 Å². The number of fused-ring (bicyclic) bond motifs is 1. The summed E-state index contributed by atoms with van der Waals surface area (Å²) in [6.07, 6.45) is 3.00. The lowest BCUT2D eigenvalue weighted by atomic mass is 10.1. The zero-order valence-electron chi connectivity index (χ0n) is 9.07. The molecular weight excluding hydrogens is 204 g/mol. The Hall–Kier alpha value is -2.10. The zero-order valence-corrected chi connectivity index (χ0v) is 9.07. The van der Waals surface area contributed by atoms with Crippen LogP contribution in [0.5, 0.6) is 0 Å². The molecule has 0 saturated carbocycles. The van der Waals surface area contributed by atoms with Crippen molar-refractivity contribution < 1.29 is 9.59 Å². The molecule has 1 radical (unpaired) electrons. The average molecular weight is 215 g/mol. The summed E-state index contributed by atoms with van der Waals surface area (Å²) in [7, 11) is 0. The van der Waals surface area contributed by atoms with Crippen LogP contribution < -0.4 is 21.1 Å². The van der Waals surface area contributed by atoms with E-state index in [0.29, 0.717) is 0 Å². The Morgan fingerprint density at radius 1 is 1.31 bits per heavy atom. The molecule has 0 aromatic heterocycles. The van der Waals surface area contributed by atoms with Crippen LogP contribution in [-0.4, -0.2) is 11.8 Å². The van der Waals surface area contributed by atoms with E-state index in [9.17, 15) is 9.59 Å². The van der Waals surface area contributed by atoms with Crippen LogP contribution in [0.25, 0.3) is 12.3 Å². The zero-order chi connectivity index (χ0) is 11.7. The number of nitrogens with zero attached hydrogens (tertiary/aromatic N) is 1. The maximum atomic E-state index is 11.1. The SMILES string of the molecule is CC(=O)Nc1cc2c(cc1C)=C[N]C(=O)C=2. The second-order valence-electron chi connectivity index (χ2n) is 3.72. The van der Waals surface area contributed by atoms with Crippen molar-refractivity contribution in [2.45, 2.75) is 13.8 Å². The average Bonchev–Trinajstić information content (AvgIpc) is 2.19. The molecule has 81 valence electrons. The first-order valence-corrected chi connectivity index (χ1v) is 4.91. The molecule has 2 rings (SSSR count). The third-order valence-electron chi connectivity index (χ3n) is 2.35. The summed E-state index contributed by atoms with van der Waals surface area (Å²) in [6, 6.07) is 3.68. The van der Waals surface area contributed by atoms with Gasteiger partial charge in [-0.3, -0.25) is 9.59 Å². The van der Waals surface area contributed by atoms with Crippen molar-refractivity contribution in [2.24, 2.45) is 0 Å². The van der Waals surface area contributed by atoms with Crippen LogP contribution in [-0.2, 0) is 9.59 Å². The number of hydrogen-bond donors (Lipinski definition) is 1. The van der Waals surface area contributed by atoms with Crippen LogP contribution in [0, 0.1) is 6.92 Å². The fraction of sp³-hybridized carbons (Fsp3) is 0.167. The Kier molecular flexibility index (Phi) is 2.48. The fourth-order valence-electron chi connectivity index (χ4n) is 1.61. The summed E-state index contributed by atoms with van der Waals surface area (Å²) in [5.74, 6) is -0.399. The van der Waals surface area contributed by atoms with E-state index < -0.39 is 0 Å². The van der Waals surface area contributed by atoms with Gasteiger partial charge in [0.05, 0.1) is 0 Å². The van der Waals surface area contributed by atoms with Crippen molar-refractivity contribution in [1.82, 2.24) is 5.32 Å². The van der Waals surface area contributed by atoms with Gasteiger partial charge >= 0.3 is 0 Å². The van der Waals surface area contributed by atoms with E-state index in [0.717, 1.165) is 21.7 Å². The molecule has 1 aliphatic heterocycles. The van der Waals surface area contributed by atoms with Gasteiger partial charge in [-0.2, -0.15) is 0 Å². The molecule has 0 bridgehead atoms. The van der Waals surface area contributed by atoms with Crippen LogP contribution in [0.2, 0.25) is 0 Å². The molecule has 0 saturated heterocycles. The standard InChI is InChI=1S/C12H11N2O2/c1-7-3-10-6-13-12(16)5-9(10)4-11(7)14-8(2)15/h3-6H,1-2H3,(H,14,15). The molecule has 16 heavy (non-hydrogen) atoms. The highest BCUT2D eigenvalue weighted by Crippen LogP contribution is 2.08. The van der Waals surface area contributed by atoms with Crippen molar-refractivity contribution in [3.63, 3.8) is 0 Å². The summed E-state index contributed by atoms with van der Waals surface area (Å²) >= 11 is 0. The lowest BCUT2D eigenvalue weighted by Gasteiger charge is -2.08. The molecule has 1 heterocycles. The number of amides is 2. The van der Waals surface area contributed by atoms with Crippen LogP contribution >= 0.6 is 0 Å². The highest BCUT2D eigenvalue weighted by molar-refractivity contribution is 6.07. The number of anilines is 1. The Morgan fingerprint density at radius 3 is 2.75 bits per heavy atom. The lowest BCUT2D eigenvalue weighted by Crippen LogP contribution is -2.33. The van der Waals surface area contributed by atoms with Gasteiger partial charge in [0.1, 0.15) is 0 Å². The molecule has 0 aliphatic carbocycles. The second-order valence-corrected chi connectivity index (χ2v) is 3.72. The number of rotatable bonds is 1. The normalized spacial score (nSPS) is 13.0. The molecule has 2 amide bonds. The predicted octanol–water partition coefficient (Wildman–Crippen LogP) is -0.383. The van der Waals surface area contributed by atoms with Gasteiger partial charge in [0.25, 0.3) is 5.91 Å². The van der Waals surface area contributed by atoms with Gasteiger partial charge in [-0.15, -0.1) is 0 Å². The van der Waals surface area contributed by atoms with Gasteiger partial charge in [-0.1, -0.05) is 0 Å². The fourth-order valence-corrected chi connectivity index (χ4v) is 1.61. The molecule has 0 atom stereocenters. The molecule has 1 N–H and O–H groups in total. The van der Waals surface area contributed by atoms with E-state index >= 15 is 0 Å². The van der Waals surface area contributed by atoms with Crippen molar-refractivity contribution in [2.75, 3.05) is 5.32 Å². The van der Waals surface area contributed by atoms with Gasteiger partial charge in [0.15, 0.2) is 0 Å². The number of nitrogens with one attached hydrogen (secondary N) is 1. The van der Waals surface area contributed by atoms with E-state index in [-0.39, 0.29) is 11.8 Å². The van der Waals surface area contributed by atoms with Crippen molar-refractivity contribution >= 4 is 29.8 Å². The number of benzene rings is 1. The van der Waals surface area contributed by atoms with E-state index in [2.05, 4.69) is 10.6 Å². The molecule has 4 nitrogen and oxygen atoms in total. The smallest absolute Gasteiger partial charge is 0.270 e. The van der Waals surface area contributed by atoms with Crippen molar-refractivity contribution in [3.05, 3.63) is 28.1 Å². The van der Waals surface area contributed by atoms with Gasteiger partial charge < -0.3 is 5.32 Å². The number of carbonyl (C=O) groups is 2. The van der Waals surface area contributed by atoms with Gasteiger partial charge in [-0.25, -0.2) is 5.32 Å². The summed E-state index contributed by atoms with van der Waals surface area (Å²) in [5.41, 5.74) is 1.67. The Balaban J connectivity index is 2.60. The predicted molar refractivity (Wildman–Crippen MR) is 60.8 cm³/mol. The van der Waals surface area contributed by atoms with Crippen LogP contribution in [0.4, 0.5) is 5.69 Å². The third kappa shape index (κ3) is 1.95. The highest BCUT2D eigenvalue weighted by Gasteiger charge is 2.06. The highest BCUT2D eigenvalue weighted by atomic mass is 16.2. The first-order valence-electron chi connectivity index (χ1n) is 4.91. The van der Waals surface area contributed by atoms with Crippen LogP contribution in [0.15, 0.2) is 12.1 Å². The molecule has 1 aromatic carbocycles. The van der Waals surface area contributed by atoms with Gasteiger partial charge in [0, 0.05) is 30.1 Å².